The molecule has 1 aliphatic heterocycles. The molecule has 1 saturated heterocycles. The van der Waals surface area contributed by atoms with Gasteiger partial charge in [0.15, 0.2) is 0 Å². The Kier molecular flexibility index (Phi) is 3.16. The van der Waals surface area contributed by atoms with E-state index in [1.165, 1.54) is 0 Å². The van der Waals surface area contributed by atoms with Gasteiger partial charge in [-0.15, -0.1) is 0 Å². The van der Waals surface area contributed by atoms with Crippen LogP contribution in [-0.2, 0) is 4.74 Å². The Morgan fingerprint density at radius 3 is 3.00 bits per heavy atom. The second kappa shape index (κ2) is 4.97. The van der Waals surface area contributed by atoms with Gasteiger partial charge >= 0.3 is 0 Å². The summed E-state index contributed by atoms with van der Waals surface area (Å²) in [5.74, 6) is 0.956. The zero-order valence-electron chi connectivity index (χ0n) is 11.1. The summed E-state index contributed by atoms with van der Waals surface area (Å²) in [7, 11) is 0. The minimum atomic E-state index is 0.0199. The minimum absolute atomic E-state index is 0.0199. The van der Waals surface area contributed by atoms with Crippen LogP contribution in [0.25, 0.3) is 0 Å². The second-order valence-electron chi connectivity index (χ2n) is 4.79. The summed E-state index contributed by atoms with van der Waals surface area (Å²) in [6.45, 7) is 6.32. The van der Waals surface area contributed by atoms with E-state index in [1.54, 1.807) is 6.33 Å². The lowest BCUT2D eigenvalue weighted by Gasteiger charge is -2.33. The fraction of sp³-hybridized carbons (Fsp3) is 0.462. The Morgan fingerprint density at radius 1 is 1.37 bits per heavy atom. The van der Waals surface area contributed by atoms with Gasteiger partial charge in [-0.05, 0) is 19.4 Å². The van der Waals surface area contributed by atoms with Gasteiger partial charge in [-0.3, -0.25) is 5.10 Å². The van der Waals surface area contributed by atoms with E-state index < -0.39 is 0 Å². The van der Waals surface area contributed by atoms with Gasteiger partial charge in [0.25, 0.3) is 0 Å². The standard InChI is InChI=1S/C13H17N5O/c1-9-6-16-17-13(9)11-7-18(3-4-19-11)12-5-10(2)14-8-15-12/h5-6,8,11H,3-4,7H2,1-2H3,(H,16,17)/t11-/m1/s1. The molecule has 0 unspecified atom stereocenters. The monoisotopic (exact) mass is 259 g/mol. The summed E-state index contributed by atoms with van der Waals surface area (Å²) < 4.78 is 5.83. The van der Waals surface area contributed by atoms with Crippen molar-refractivity contribution >= 4 is 5.82 Å². The Balaban J connectivity index is 1.80. The summed E-state index contributed by atoms with van der Waals surface area (Å²) in [6, 6.07) is 2.00. The third kappa shape index (κ3) is 2.44. The first kappa shape index (κ1) is 12.1. The zero-order valence-corrected chi connectivity index (χ0v) is 11.1. The van der Waals surface area contributed by atoms with Crippen LogP contribution in [0.5, 0.6) is 0 Å². The van der Waals surface area contributed by atoms with E-state index in [0.29, 0.717) is 6.61 Å². The molecule has 2 aromatic rings. The topological polar surface area (TPSA) is 66.9 Å². The van der Waals surface area contributed by atoms with Crippen molar-refractivity contribution in [1.29, 1.82) is 0 Å². The SMILES string of the molecule is Cc1cc(N2CCO[C@@H](c3[nH]ncc3C)C2)ncn1. The molecule has 2 aromatic heterocycles. The van der Waals surface area contributed by atoms with Crippen molar-refractivity contribution in [3.05, 3.63) is 35.5 Å². The molecule has 3 rings (SSSR count). The first-order valence-electron chi connectivity index (χ1n) is 6.39. The van der Waals surface area contributed by atoms with Gasteiger partial charge < -0.3 is 9.64 Å². The van der Waals surface area contributed by atoms with E-state index in [9.17, 15) is 0 Å². The number of ether oxygens (including phenoxy) is 1. The first-order chi connectivity index (χ1) is 9.24. The van der Waals surface area contributed by atoms with Gasteiger partial charge in [-0.2, -0.15) is 5.10 Å². The van der Waals surface area contributed by atoms with E-state index in [-0.39, 0.29) is 6.10 Å². The molecule has 0 amide bonds. The van der Waals surface area contributed by atoms with Crippen LogP contribution in [0.3, 0.4) is 0 Å². The molecule has 0 spiro atoms. The highest BCUT2D eigenvalue weighted by molar-refractivity contribution is 5.40. The maximum Gasteiger partial charge on any atom is 0.132 e. The number of morpholine rings is 1. The number of anilines is 1. The molecule has 0 saturated carbocycles. The molecule has 0 aromatic carbocycles. The molecule has 100 valence electrons. The lowest BCUT2D eigenvalue weighted by molar-refractivity contribution is 0.0363. The molecule has 0 aliphatic carbocycles. The predicted molar refractivity (Wildman–Crippen MR) is 71.0 cm³/mol. The highest BCUT2D eigenvalue weighted by Gasteiger charge is 2.25. The summed E-state index contributed by atoms with van der Waals surface area (Å²) >= 11 is 0. The molecule has 1 N–H and O–H groups in total. The highest BCUT2D eigenvalue weighted by Crippen LogP contribution is 2.25. The number of aryl methyl sites for hydroxylation is 2. The smallest absolute Gasteiger partial charge is 0.132 e. The van der Waals surface area contributed by atoms with Gasteiger partial charge in [0.1, 0.15) is 18.2 Å². The van der Waals surface area contributed by atoms with Crippen LogP contribution in [0.4, 0.5) is 5.82 Å². The summed E-state index contributed by atoms with van der Waals surface area (Å²) in [5.41, 5.74) is 3.16. The molecule has 1 atom stereocenters. The molecule has 3 heterocycles. The Labute approximate surface area is 111 Å². The number of hydrogen-bond acceptors (Lipinski definition) is 5. The highest BCUT2D eigenvalue weighted by atomic mass is 16.5. The van der Waals surface area contributed by atoms with Crippen molar-refractivity contribution in [1.82, 2.24) is 20.2 Å². The Bertz CT molecular complexity index is 568. The van der Waals surface area contributed by atoms with Crippen LogP contribution in [0.2, 0.25) is 0 Å². The Hall–Kier alpha value is -1.95. The van der Waals surface area contributed by atoms with Gasteiger partial charge in [-0.1, -0.05) is 0 Å². The van der Waals surface area contributed by atoms with Crippen LogP contribution < -0.4 is 4.90 Å². The van der Waals surface area contributed by atoms with Gasteiger partial charge in [-0.25, -0.2) is 9.97 Å². The van der Waals surface area contributed by atoms with Crippen LogP contribution in [0, 0.1) is 13.8 Å². The molecular weight excluding hydrogens is 242 g/mol. The number of hydrogen-bond donors (Lipinski definition) is 1. The summed E-state index contributed by atoms with van der Waals surface area (Å²) in [5, 5.41) is 7.08. The van der Waals surface area contributed by atoms with Crippen LogP contribution in [-0.4, -0.2) is 39.9 Å². The fourth-order valence-electron chi connectivity index (χ4n) is 2.33. The van der Waals surface area contributed by atoms with E-state index >= 15 is 0 Å². The van der Waals surface area contributed by atoms with E-state index in [1.807, 2.05) is 26.1 Å². The predicted octanol–water partition coefficient (Wildman–Crippen LogP) is 1.39. The number of H-pyrrole nitrogens is 1. The van der Waals surface area contributed by atoms with Crippen molar-refractivity contribution in [2.75, 3.05) is 24.6 Å². The van der Waals surface area contributed by atoms with Crippen LogP contribution in [0.15, 0.2) is 18.6 Å². The normalized spacial score (nSPS) is 19.7. The lowest BCUT2D eigenvalue weighted by atomic mass is 10.1. The lowest BCUT2D eigenvalue weighted by Crippen LogP contribution is -2.39. The number of nitrogens with one attached hydrogen (secondary N) is 1. The van der Waals surface area contributed by atoms with E-state index in [2.05, 4.69) is 25.1 Å². The van der Waals surface area contributed by atoms with Crippen molar-refractivity contribution < 1.29 is 4.74 Å². The summed E-state index contributed by atoms with van der Waals surface area (Å²) in [6.07, 6.45) is 3.45. The average molecular weight is 259 g/mol. The zero-order chi connectivity index (χ0) is 13.2. The summed E-state index contributed by atoms with van der Waals surface area (Å²) in [4.78, 5) is 10.7. The molecule has 0 bridgehead atoms. The van der Waals surface area contributed by atoms with E-state index in [4.69, 9.17) is 4.74 Å². The number of aromatic amines is 1. The average Bonchev–Trinajstić information content (AvgIpc) is 2.85. The molecule has 1 aliphatic rings. The number of aromatic nitrogens is 4. The van der Waals surface area contributed by atoms with Crippen molar-refractivity contribution in [3.63, 3.8) is 0 Å². The van der Waals surface area contributed by atoms with Gasteiger partial charge in [0, 0.05) is 18.3 Å². The third-order valence-electron chi connectivity index (χ3n) is 3.37. The first-order valence-corrected chi connectivity index (χ1v) is 6.39. The molecule has 0 radical (unpaired) electrons. The molecule has 6 nitrogen and oxygen atoms in total. The van der Waals surface area contributed by atoms with Crippen LogP contribution in [0.1, 0.15) is 23.1 Å². The van der Waals surface area contributed by atoms with Crippen molar-refractivity contribution in [2.24, 2.45) is 0 Å². The van der Waals surface area contributed by atoms with E-state index in [0.717, 1.165) is 35.9 Å². The van der Waals surface area contributed by atoms with Crippen LogP contribution >= 0.6 is 0 Å². The second-order valence-corrected chi connectivity index (χ2v) is 4.79. The molecular formula is C13H17N5O. The van der Waals surface area contributed by atoms with Gasteiger partial charge in [0.05, 0.1) is 25.0 Å². The van der Waals surface area contributed by atoms with Crippen molar-refractivity contribution in [3.8, 4) is 0 Å². The maximum atomic E-state index is 5.83. The largest absolute Gasteiger partial charge is 0.368 e. The minimum Gasteiger partial charge on any atom is -0.368 e. The Morgan fingerprint density at radius 2 is 2.26 bits per heavy atom. The maximum absolute atomic E-state index is 5.83. The quantitative estimate of drug-likeness (QED) is 0.883. The molecule has 6 heteroatoms. The van der Waals surface area contributed by atoms with Crippen molar-refractivity contribution in [2.45, 2.75) is 20.0 Å². The fourth-order valence-corrected chi connectivity index (χ4v) is 2.33. The molecule has 1 fully saturated rings. The third-order valence-corrected chi connectivity index (χ3v) is 3.37. The van der Waals surface area contributed by atoms with Gasteiger partial charge in [0.2, 0.25) is 0 Å². The number of nitrogens with zero attached hydrogens (tertiary/aromatic N) is 4. The number of rotatable bonds is 2. The molecule has 19 heavy (non-hydrogen) atoms.